The highest BCUT2D eigenvalue weighted by molar-refractivity contribution is 5.89. The second-order valence-electron chi connectivity index (χ2n) is 4.78. The van der Waals surface area contributed by atoms with Gasteiger partial charge in [-0.05, 0) is 43.2 Å². The third kappa shape index (κ3) is 3.15. The van der Waals surface area contributed by atoms with E-state index in [1.165, 1.54) is 12.1 Å². The van der Waals surface area contributed by atoms with Crippen molar-refractivity contribution in [3.8, 4) is 0 Å². The summed E-state index contributed by atoms with van der Waals surface area (Å²) in [4.78, 5) is 10.9. The third-order valence-corrected chi connectivity index (χ3v) is 3.18. The molecule has 104 valence electrons. The number of hydrogen-bond acceptors (Lipinski definition) is 2. The Morgan fingerprint density at radius 2 is 1.95 bits per heavy atom. The van der Waals surface area contributed by atoms with E-state index in [0.29, 0.717) is 12.2 Å². The highest BCUT2D eigenvalue weighted by Crippen LogP contribution is 2.17. The van der Waals surface area contributed by atoms with Gasteiger partial charge in [0.15, 0.2) is 0 Å². The minimum absolute atomic E-state index is 0.323. The molecule has 0 aliphatic carbocycles. The molecule has 0 heterocycles. The van der Waals surface area contributed by atoms with E-state index in [9.17, 15) is 9.18 Å². The Morgan fingerprint density at radius 1 is 1.20 bits per heavy atom. The first-order valence-electron chi connectivity index (χ1n) is 6.30. The quantitative estimate of drug-likeness (QED) is 0.891. The number of carboxylic acids is 1. The highest BCUT2D eigenvalue weighted by Gasteiger charge is 2.10. The van der Waals surface area contributed by atoms with Crippen LogP contribution in [0.4, 0.5) is 10.1 Å². The molecular formula is C16H16FNO2. The van der Waals surface area contributed by atoms with Gasteiger partial charge in [-0.25, -0.2) is 9.18 Å². The number of benzene rings is 2. The van der Waals surface area contributed by atoms with E-state index in [4.69, 9.17) is 5.11 Å². The Labute approximate surface area is 117 Å². The van der Waals surface area contributed by atoms with E-state index >= 15 is 0 Å². The summed E-state index contributed by atoms with van der Waals surface area (Å²) in [6, 6.07) is 10.2. The molecule has 0 aliphatic rings. The van der Waals surface area contributed by atoms with E-state index in [2.05, 4.69) is 11.4 Å². The van der Waals surface area contributed by atoms with E-state index in [1.54, 1.807) is 0 Å². The van der Waals surface area contributed by atoms with E-state index in [-0.39, 0.29) is 5.56 Å². The van der Waals surface area contributed by atoms with Gasteiger partial charge in [0.1, 0.15) is 5.82 Å². The molecule has 0 fully saturated rings. The van der Waals surface area contributed by atoms with Gasteiger partial charge in [0.05, 0.1) is 5.56 Å². The summed E-state index contributed by atoms with van der Waals surface area (Å²) in [5.74, 6) is -1.99. The van der Waals surface area contributed by atoms with Crippen LogP contribution in [0.5, 0.6) is 0 Å². The second-order valence-corrected chi connectivity index (χ2v) is 4.78. The highest BCUT2D eigenvalue weighted by atomic mass is 19.1. The summed E-state index contributed by atoms with van der Waals surface area (Å²) in [7, 11) is 0. The van der Waals surface area contributed by atoms with Gasteiger partial charge in [0, 0.05) is 12.2 Å². The minimum atomic E-state index is -1.27. The molecule has 0 saturated carbocycles. The van der Waals surface area contributed by atoms with Gasteiger partial charge in [-0.3, -0.25) is 0 Å². The first-order chi connectivity index (χ1) is 9.47. The largest absolute Gasteiger partial charge is 0.478 e. The molecule has 0 aromatic heterocycles. The number of hydrogen-bond donors (Lipinski definition) is 2. The Kier molecular flexibility index (Phi) is 4.03. The zero-order chi connectivity index (χ0) is 14.7. The standard InChI is InChI=1S/C16H16FNO2/c1-10-3-4-11(2)12(7-10)9-18-13-5-6-15(17)14(8-13)16(19)20/h3-8,18H,9H2,1-2H3,(H,19,20). The van der Waals surface area contributed by atoms with Crippen molar-refractivity contribution in [2.45, 2.75) is 20.4 Å². The van der Waals surface area contributed by atoms with Gasteiger partial charge < -0.3 is 10.4 Å². The topological polar surface area (TPSA) is 49.3 Å². The molecule has 2 rings (SSSR count). The van der Waals surface area contributed by atoms with Crippen molar-refractivity contribution < 1.29 is 14.3 Å². The van der Waals surface area contributed by atoms with Crippen molar-refractivity contribution in [1.82, 2.24) is 0 Å². The van der Waals surface area contributed by atoms with Gasteiger partial charge in [0.25, 0.3) is 0 Å². The number of carbonyl (C=O) groups is 1. The van der Waals surface area contributed by atoms with Crippen LogP contribution in [0.15, 0.2) is 36.4 Å². The fraction of sp³-hybridized carbons (Fsp3) is 0.188. The SMILES string of the molecule is Cc1ccc(C)c(CNc2ccc(F)c(C(=O)O)c2)c1. The van der Waals surface area contributed by atoms with Gasteiger partial charge >= 0.3 is 5.97 Å². The van der Waals surface area contributed by atoms with Crippen molar-refractivity contribution in [2.24, 2.45) is 0 Å². The number of aryl methyl sites for hydroxylation is 2. The van der Waals surface area contributed by atoms with Crippen LogP contribution in [0.1, 0.15) is 27.0 Å². The molecule has 0 radical (unpaired) electrons. The number of nitrogens with one attached hydrogen (secondary N) is 1. The normalized spacial score (nSPS) is 10.3. The molecule has 20 heavy (non-hydrogen) atoms. The third-order valence-electron chi connectivity index (χ3n) is 3.18. The average Bonchev–Trinajstić information content (AvgIpc) is 2.41. The zero-order valence-corrected chi connectivity index (χ0v) is 11.4. The van der Waals surface area contributed by atoms with Crippen LogP contribution in [-0.2, 0) is 6.54 Å². The Morgan fingerprint density at radius 3 is 2.65 bits per heavy atom. The Hall–Kier alpha value is -2.36. The maximum Gasteiger partial charge on any atom is 0.338 e. The molecule has 3 nitrogen and oxygen atoms in total. The van der Waals surface area contributed by atoms with Crippen LogP contribution in [0.2, 0.25) is 0 Å². The molecular weight excluding hydrogens is 257 g/mol. The van der Waals surface area contributed by atoms with Crippen molar-refractivity contribution in [1.29, 1.82) is 0 Å². The van der Waals surface area contributed by atoms with Crippen molar-refractivity contribution in [3.05, 3.63) is 64.5 Å². The van der Waals surface area contributed by atoms with Gasteiger partial charge in [-0.15, -0.1) is 0 Å². The second kappa shape index (κ2) is 5.74. The summed E-state index contributed by atoms with van der Waals surface area (Å²) < 4.78 is 13.3. The van der Waals surface area contributed by atoms with Crippen LogP contribution in [0.25, 0.3) is 0 Å². The molecule has 0 atom stereocenters. The number of anilines is 1. The van der Waals surface area contributed by atoms with E-state index in [0.717, 1.165) is 22.8 Å². The molecule has 0 amide bonds. The molecule has 0 aliphatic heterocycles. The Balaban J connectivity index is 2.17. The lowest BCUT2D eigenvalue weighted by molar-refractivity contribution is 0.0692. The molecule has 0 saturated heterocycles. The molecule has 0 bridgehead atoms. The van der Waals surface area contributed by atoms with E-state index in [1.807, 2.05) is 26.0 Å². The first-order valence-corrected chi connectivity index (χ1v) is 6.30. The molecule has 0 unspecified atom stereocenters. The molecule has 2 aromatic rings. The van der Waals surface area contributed by atoms with Crippen LogP contribution < -0.4 is 5.32 Å². The van der Waals surface area contributed by atoms with Crippen LogP contribution in [0, 0.1) is 19.7 Å². The predicted octanol–water partition coefficient (Wildman–Crippen LogP) is 3.75. The number of carboxylic acid groups (broad SMARTS) is 1. The lowest BCUT2D eigenvalue weighted by atomic mass is 10.1. The maximum atomic E-state index is 13.3. The predicted molar refractivity (Wildman–Crippen MR) is 76.6 cm³/mol. The van der Waals surface area contributed by atoms with Gasteiger partial charge in [-0.1, -0.05) is 23.8 Å². The summed E-state index contributed by atoms with van der Waals surface area (Å²) in [5.41, 5.74) is 3.72. The van der Waals surface area contributed by atoms with Crippen LogP contribution in [0.3, 0.4) is 0 Å². The molecule has 2 N–H and O–H groups in total. The first kappa shape index (κ1) is 14.1. The molecule has 4 heteroatoms. The number of halogens is 1. The van der Waals surface area contributed by atoms with Crippen molar-refractivity contribution in [2.75, 3.05) is 5.32 Å². The maximum absolute atomic E-state index is 13.3. The number of rotatable bonds is 4. The monoisotopic (exact) mass is 273 g/mol. The van der Waals surface area contributed by atoms with Gasteiger partial charge in [0.2, 0.25) is 0 Å². The smallest absolute Gasteiger partial charge is 0.338 e. The van der Waals surface area contributed by atoms with Crippen molar-refractivity contribution in [3.63, 3.8) is 0 Å². The van der Waals surface area contributed by atoms with Crippen LogP contribution >= 0.6 is 0 Å². The lowest BCUT2D eigenvalue weighted by Crippen LogP contribution is -2.05. The van der Waals surface area contributed by atoms with E-state index < -0.39 is 11.8 Å². The zero-order valence-electron chi connectivity index (χ0n) is 11.4. The summed E-state index contributed by atoms with van der Waals surface area (Å²) in [6.07, 6.45) is 0. The summed E-state index contributed by atoms with van der Waals surface area (Å²) in [5, 5.41) is 12.0. The Bertz CT molecular complexity index is 653. The number of aromatic carboxylic acids is 1. The summed E-state index contributed by atoms with van der Waals surface area (Å²) in [6.45, 7) is 4.60. The summed E-state index contributed by atoms with van der Waals surface area (Å²) >= 11 is 0. The van der Waals surface area contributed by atoms with Gasteiger partial charge in [-0.2, -0.15) is 0 Å². The average molecular weight is 273 g/mol. The molecule has 2 aromatic carbocycles. The fourth-order valence-corrected chi connectivity index (χ4v) is 1.99. The minimum Gasteiger partial charge on any atom is -0.478 e. The molecule has 0 spiro atoms. The van der Waals surface area contributed by atoms with Crippen molar-refractivity contribution >= 4 is 11.7 Å². The van der Waals surface area contributed by atoms with Crippen LogP contribution in [-0.4, -0.2) is 11.1 Å². The lowest BCUT2D eigenvalue weighted by Gasteiger charge is -2.11. The fourth-order valence-electron chi connectivity index (χ4n) is 1.99.